The molecule has 0 aliphatic carbocycles. The minimum atomic E-state index is -1.69. The number of carbonyl (C=O) groups excluding carboxylic acids is 6. The van der Waals surface area contributed by atoms with E-state index in [1.807, 2.05) is 0 Å². The highest BCUT2D eigenvalue weighted by molar-refractivity contribution is 6.09. The van der Waals surface area contributed by atoms with E-state index in [4.69, 9.17) is 0 Å². The third-order valence-electron chi connectivity index (χ3n) is 4.42. The van der Waals surface area contributed by atoms with Crippen LogP contribution < -0.4 is 0 Å². The average Bonchev–Trinajstić information content (AvgIpc) is 2.36. The molecule has 0 aromatic heterocycles. The van der Waals surface area contributed by atoms with E-state index in [0.29, 0.717) is 0 Å². The van der Waals surface area contributed by atoms with Crippen LogP contribution in [-0.2, 0) is 28.8 Å². The zero-order valence-corrected chi connectivity index (χ0v) is 14.5. The molecular formula is C17H24O6. The molecule has 0 aliphatic rings. The zero-order chi connectivity index (χ0) is 18.5. The van der Waals surface area contributed by atoms with Crippen LogP contribution in [0, 0.1) is 17.3 Å². The van der Waals surface area contributed by atoms with Gasteiger partial charge in [0.2, 0.25) is 0 Å². The van der Waals surface area contributed by atoms with Crippen LogP contribution in [0.4, 0.5) is 0 Å². The highest BCUT2D eigenvalue weighted by Crippen LogP contribution is 2.37. The summed E-state index contributed by atoms with van der Waals surface area (Å²) in [5.41, 5.74) is -1.69. The second-order valence-electron chi connectivity index (χ2n) is 6.15. The minimum absolute atomic E-state index is 0.306. The summed E-state index contributed by atoms with van der Waals surface area (Å²) < 4.78 is 0. The Hall–Kier alpha value is -1.98. The van der Waals surface area contributed by atoms with Gasteiger partial charge in [0.25, 0.3) is 0 Å². The van der Waals surface area contributed by atoms with E-state index >= 15 is 0 Å². The smallest absolute Gasteiger partial charge is 0.143 e. The third-order valence-corrected chi connectivity index (χ3v) is 4.42. The Labute approximate surface area is 136 Å². The number of carbonyl (C=O) groups is 6. The van der Waals surface area contributed by atoms with Crippen molar-refractivity contribution in [2.24, 2.45) is 17.3 Å². The van der Waals surface area contributed by atoms with Crippen LogP contribution in [0.25, 0.3) is 0 Å². The van der Waals surface area contributed by atoms with Crippen molar-refractivity contribution in [3.8, 4) is 0 Å². The topological polar surface area (TPSA) is 102 Å². The number of hydrogen-bond acceptors (Lipinski definition) is 6. The summed E-state index contributed by atoms with van der Waals surface area (Å²) in [7, 11) is 0. The molecule has 6 nitrogen and oxygen atoms in total. The molecule has 0 amide bonds. The van der Waals surface area contributed by atoms with Crippen molar-refractivity contribution in [1.29, 1.82) is 0 Å². The minimum Gasteiger partial charge on any atom is -0.299 e. The van der Waals surface area contributed by atoms with Gasteiger partial charge in [-0.25, -0.2) is 0 Å². The number of hydrogen-bond donors (Lipinski definition) is 0. The van der Waals surface area contributed by atoms with Gasteiger partial charge in [-0.2, -0.15) is 0 Å². The lowest BCUT2D eigenvalue weighted by Crippen LogP contribution is -2.44. The monoisotopic (exact) mass is 324 g/mol. The number of rotatable bonds is 10. The number of Topliss-reactive ketones (excluding diaryl/α,β-unsaturated/α-hetero) is 6. The summed E-state index contributed by atoms with van der Waals surface area (Å²) in [6, 6.07) is 0. The molecule has 0 fully saturated rings. The van der Waals surface area contributed by atoms with Crippen molar-refractivity contribution in [2.45, 2.75) is 54.4 Å². The van der Waals surface area contributed by atoms with E-state index in [9.17, 15) is 28.8 Å². The second-order valence-corrected chi connectivity index (χ2v) is 6.15. The van der Waals surface area contributed by atoms with Crippen LogP contribution in [0.15, 0.2) is 0 Å². The van der Waals surface area contributed by atoms with Gasteiger partial charge in [0.1, 0.15) is 34.7 Å². The van der Waals surface area contributed by atoms with E-state index < -0.39 is 52.0 Å². The Balaban J connectivity index is 6.02. The molecular weight excluding hydrogens is 300 g/mol. The molecule has 0 aliphatic heterocycles. The molecule has 0 aromatic carbocycles. The van der Waals surface area contributed by atoms with E-state index in [0.717, 1.165) is 0 Å². The van der Waals surface area contributed by atoms with E-state index in [1.54, 1.807) is 0 Å². The van der Waals surface area contributed by atoms with Gasteiger partial charge in [0.05, 0.1) is 17.3 Å². The molecule has 6 heteroatoms. The van der Waals surface area contributed by atoms with Crippen LogP contribution in [0.5, 0.6) is 0 Å². The molecule has 0 saturated heterocycles. The Morgan fingerprint density at radius 3 is 0.913 bits per heavy atom. The maximum Gasteiger partial charge on any atom is 0.143 e. The summed E-state index contributed by atoms with van der Waals surface area (Å²) in [6.45, 7) is 7.20. The standard InChI is InChI=1S/C17H24O6/c1-9(18)15(10(2)19)7-17(13(5)22,14(6)23)8-16(11(3)20)12(4)21/h15-16H,7-8H2,1-6H3. The molecule has 0 heterocycles. The average molecular weight is 324 g/mol. The van der Waals surface area contributed by atoms with Gasteiger partial charge in [-0.05, 0) is 54.4 Å². The fourth-order valence-corrected chi connectivity index (χ4v) is 2.75. The maximum absolute atomic E-state index is 12.2. The Morgan fingerprint density at radius 1 is 0.565 bits per heavy atom. The molecule has 0 spiro atoms. The van der Waals surface area contributed by atoms with Gasteiger partial charge in [-0.1, -0.05) is 0 Å². The normalized spacial score (nSPS) is 11.5. The SMILES string of the molecule is CC(=O)C(CC(CC(C(C)=O)C(C)=O)(C(C)=O)C(C)=O)C(C)=O. The van der Waals surface area contributed by atoms with Crippen LogP contribution in [0.1, 0.15) is 54.4 Å². The summed E-state index contributed by atoms with van der Waals surface area (Å²) in [5, 5.41) is 0. The van der Waals surface area contributed by atoms with Gasteiger partial charge in [-0.15, -0.1) is 0 Å². The number of ketones is 6. The van der Waals surface area contributed by atoms with Gasteiger partial charge >= 0.3 is 0 Å². The molecule has 0 unspecified atom stereocenters. The molecule has 128 valence electrons. The lowest BCUT2D eigenvalue weighted by molar-refractivity contribution is -0.144. The molecule has 0 radical (unpaired) electrons. The quantitative estimate of drug-likeness (QED) is 0.564. The Bertz CT molecular complexity index is 479. The summed E-state index contributed by atoms with van der Waals surface area (Å²) in [4.78, 5) is 71.1. The molecule has 0 N–H and O–H groups in total. The van der Waals surface area contributed by atoms with Crippen LogP contribution >= 0.6 is 0 Å². The Morgan fingerprint density at radius 2 is 0.783 bits per heavy atom. The van der Waals surface area contributed by atoms with E-state index in [2.05, 4.69) is 0 Å². The van der Waals surface area contributed by atoms with E-state index in [-0.39, 0.29) is 12.8 Å². The van der Waals surface area contributed by atoms with Crippen LogP contribution in [0.2, 0.25) is 0 Å². The predicted octanol–water partition coefficient (Wildman–Crippen LogP) is 1.52. The fraction of sp³-hybridized carbons (Fsp3) is 0.647. The first kappa shape index (κ1) is 21.0. The lowest BCUT2D eigenvalue weighted by atomic mass is 9.66. The highest BCUT2D eigenvalue weighted by Gasteiger charge is 2.47. The van der Waals surface area contributed by atoms with E-state index in [1.165, 1.54) is 41.5 Å². The molecule has 0 saturated carbocycles. The van der Waals surface area contributed by atoms with Crippen molar-refractivity contribution in [2.75, 3.05) is 0 Å². The van der Waals surface area contributed by atoms with Crippen molar-refractivity contribution in [3.05, 3.63) is 0 Å². The van der Waals surface area contributed by atoms with Gasteiger partial charge in [0, 0.05) is 0 Å². The van der Waals surface area contributed by atoms with Crippen LogP contribution in [0.3, 0.4) is 0 Å². The van der Waals surface area contributed by atoms with Crippen molar-refractivity contribution >= 4 is 34.7 Å². The molecule has 0 bridgehead atoms. The van der Waals surface area contributed by atoms with Gasteiger partial charge < -0.3 is 0 Å². The highest BCUT2D eigenvalue weighted by atomic mass is 16.2. The predicted molar refractivity (Wildman–Crippen MR) is 82.7 cm³/mol. The van der Waals surface area contributed by atoms with Gasteiger partial charge in [-0.3, -0.25) is 28.8 Å². The zero-order valence-electron chi connectivity index (χ0n) is 14.5. The molecule has 0 aromatic rings. The molecule has 0 atom stereocenters. The largest absolute Gasteiger partial charge is 0.299 e. The third kappa shape index (κ3) is 5.01. The molecule has 23 heavy (non-hydrogen) atoms. The first-order valence-corrected chi connectivity index (χ1v) is 7.40. The summed E-state index contributed by atoms with van der Waals surface area (Å²) in [6.07, 6.45) is -0.612. The van der Waals surface area contributed by atoms with Crippen molar-refractivity contribution in [3.63, 3.8) is 0 Å². The lowest BCUT2D eigenvalue weighted by Gasteiger charge is -2.33. The summed E-state index contributed by atoms with van der Waals surface area (Å²) >= 11 is 0. The van der Waals surface area contributed by atoms with Crippen molar-refractivity contribution < 1.29 is 28.8 Å². The Kier molecular flexibility index (Phi) is 7.34. The second kappa shape index (κ2) is 8.04. The summed E-state index contributed by atoms with van der Waals surface area (Å²) in [5.74, 6) is -5.13. The van der Waals surface area contributed by atoms with Crippen LogP contribution in [-0.4, -0.2) is 34.7 Å². The maximum atomic E-state index is 12.2. The fourth-order valence-electron chi connectivity index (χ4n) is 2.75. The van der Waals surface area contributed by atoms with Gasteiger partial charge in [0.15, 0.2) is 0 Å². The molecule has 0 rings (SSSR count). The van der Waals surface area contributed by atoms with Crippen molar-refractivity contribution in [1.82, 2.24) is 0 Å². The first-order chi connectivity index (χ1) is 10.4. The first-order valence-electron chi connectivity index (χ1n) is 7.40.